The van der Waals surface area contributed by atoms with Gasteiger partial charge in [0.1, 0.15) is 6.17 Å². The maximum absolute atomic E-state index is 13.4. The van der Waals surface area contributed by atoms with Crippen molar-refractivity contribution in [2.75, 3.05) is 12.3 Å². The number of carbonyl (C=O) groups is 1. The first-order chi connectivity index (χ1) is 11.2. The van der Waals surface area contributed by atoms with Crippen molar-refractivity contribution in [3.63, 3.8) is 0 Å². The molecule has 1 amide bonds. The van der Waals surface area contributed by atoms with Crippen molar-refractivity contribution < 1.29 is 9.18 Å². The lowest BCUT2D eigenvalue weighted by Gasteiger charge is -2.19. The van der Waals surface area contributed by atoms with Crippen molar-refractivity contribution in [3.05, 3.63) is 48.2 Å². The maximum atomic E-state index is 13.4. The van der Waals surface area contributed by atoms with E-state index < -0.39 is 6.17 Å². The summed E-state index contributed by atoms with van der Waals surface area (Å²) in [5, 5.41) is 0. The van der Waals surface area contributed by atoms with Crippen LogP contribution in [0.4, 0.5) is 4.39 Å². The Morgan fingerprint density at radius 2 is 2.30 bits per heavy atom. The zero-order chi connectivity index (χ0) is 15.8. The van der Waals surface area contributed by atoms with E-state index in [0.717, 1.165) is 20.1 Å². The van der Waals surface area contributed by atoms with Gasteiger partial charge >= 0.3 is 0 Å². The second-order valence-electron chi connectivity index (χ2n) is 5.72. The summed E-state index contributed by atoms with van der Waals surface area (Å²) in [4.78, 5) is 18.6. The molecule has 0 fully saturated rings. The average Bonchev–Trinajstić information content (AvgIpc) is 3.15. The van der Waals surface area contributed by atoms with Crippen molar-refractivity contribution in [1.29, 1.82) is 0 Å². The molecule has 0 saturated carbocycles. The molecule has 0 radical (unpaired) electrons. The van der Waals surface area contributed by atoms with Crippen LogP contribution in [0.1, 0.15) is 6.42 Å². The number of aromatic nitrogens is 1. The molecule has 2 unspecified atom stereocenters. The minimum atomic E-state index is -0.885. The zero-order valence-electron chi connectivity index (χ0n) is 12.3. The molecule has 2 atom stereocenters. The summed E-state index contributed by atoms with van der Waals surface area (Å²) in [7, 11) is 0. The number of alkyl halides is 1. The van der Waals surface area contributed by atoms with Crippen LogP contribution in [-0.4, -0.2) is 34.3 Å². The van der Waals surface area contributed by atoms with E-state index in [1.54, 1.807) is 22.3 Å². The van der Waals surface area contributed by atoms with E-state index in [0.29, 0.717) is 18.7 Å². The number of hydrogen-bond acceptors (Lipinski definition) is 4. The molecule has 0 saturated heterocycles. The number of benzene rings is 1. The molecular weight excluding hydrogens is 331 g/mol. The molecule has 0 N–H and O–H groups in total. The zero-order valence-corrected chi connectivity index (χ0v) is 13.9. The highest BCUT2D eigenvalue weighted by Gasteiger charge is 2.30. The number of allylic oxidation sites excluding steroid dienone is 2. The monoisotopic (exact) mass is 346 g/mol. The second-order valence-corrected chi connectivity index (χ2v) is 7.97. The van der Waals surface area contributed by atoms with Gasteiger partial charge in [-0.15, -0.1) is 11.3 Å². The molecule has 1 aromatic carbocycles. The third-order valence-electron chi connectivity index (χ3n) is 4.11. The lowest BCUT2D eigenvalue weighted by atomic mass is 9.91. The first kappa shape index (κ1) is 14.9. The molecule has 3 nitrogen and oxygen atoms in total. The number of halogens is 1. The molecule has 23 heavy (non-hydrogen) atoms. The summed E-state index contributed by atoms with van der Waals surface area (Å²) in [6.45, 7) is 0.597. The van der Waals surface area contributed by atoms with Crippen LogP contribution < -0.4 is 0 Å². The Hall–Kier alpha value is -1.66. The van der Waals surface area contributed by atoms with Crippen LogP contribution in [0.15, 0.2) is 52.5 Å². The van der Waals surface area contributed by atoms with Crippen LogP contribution in [0.3, 0.4) is 0 Å². The van der Waals surface area contributed by atoms with Crippen molar-refractivity contribution in [3.8, 4) is 0 Å². The van der Waals surface area contributed by atoms with Crippen molar-refractivity contribution in [2.24, 2.45) is 5.92 Å². The number of rotatable bonds is 3. The molecule has 1 aliphatic heterocycles. The van der Waals surface area contributed by atoms with Crippen molar-refractivity contribution >= 4 is 39.2 Å². The Labute approximate surface area is 141 Å². The first-order valence-corrected chi connectivity index (χ1v) is 9.31. The number of thiazole rings is 1. The summed E-state index contributed by atoms with van der Waals surface area (Å²) >= 11 is 3.08. The van der Waals surface area contributed by atoms with Crippen LogP contribution in [0.5, 0.6) is 0 Å². The summed E-state index contributed by atoms with van der Waals surface area (Å²) in [6.07, 6.45) is 4.86. The number of amides is 1. The summed E-state index contributed by atoms with van der Waals surface area (Å²) in [6, 6.07) is 7.97. The van der Waals surface area contributed by atoms with E-state index in [1.165, 1.54) is 11.8 Å². The lowest BCUT2D eigenvalue weighted by molar-refractivity contribution is -0.125. The van der Waals surface area contributed by atoms with Gasteiger partial charge < -0.3 is 4.90 Å². The number of para-hydroxylation sites is 1. The lowest BCUT2D eigenvalue weighted by Crippen LogP contribution is -2.28. The highest BCUT2D eigenvalue weighted by atomic mass is 32.2. The maximum Gasteiger partial charge on any atom is 0.236 e. The smallest absolute Gasteiger partial charge is 0.236 e. The highest BCUT2D eigenvalue weighted by Crippen LogP contribution is 2.33. The minimum Gasteiger partial charge on any atom is -0.317 e. The largest absolute Gasteiger partial charge is 0.317 e. The molecule has 2 heterocycles. The molecule has 2 aromatic rings. The molecule has 0 spiro atoms. The number of carbonyl (C=O) groups excluding carboxylic acids is 1. The van der Waals surface area contributed by atoms with E-state index in [9.17, 15) is 9.18 Å². The summed E-state index contributed by atoms with van der Waals surface area (Å²) < 4.78 is 15.4. The van der Waals surface area contributed by atoms with Crippen LogP contribution in [0, 0.1) is 5.92 Å². The number of fused-ring (bicyclic) bond motifs is 2. The second kappa shape index (κ2) is 6.09. The van der Waals surface area contributed by atoms with Gasteiger partial charge in [-0.2, -0.15) is 0 Å². The van der Waals surface area contributed by atoms with Gasteiger partial charge in [-0.1, -0.05) is 36.0 Å². The fourth-order valence-corrected chi connectivity index (χ4v) is 4.88. The molecule has 6 heteroatoms. The Balaban J connectivity index is 1.39. The molecule has 2 aliphatic rings. The van der Waals surface area contributed by atoms with Crippen LogP contribution >= 0.6 is 23.1 Å². The van der Waals surface area contributed by atoms with E-state index in [2.05, 4.69) is 4.98 Å². The quantitative estimate of drug-likeness (QED) is 0.787. The molecular formula is C17H15FN2OS2. The van der Waals surface area contributed by atoms with Crippen LogP contribution in [0.25, 0.3) is 10.2 Å². The number of nitrogens with zero attached hydrogens (tertiary/aromatic N) is 2. The topological polar surface area (TPSA) is 33.2 Å². The third-order valence-corrected chi connectivity index (χ3v) is 6.28. The predicted octanol–water partition coefficient (Wildman–Crippen LogP) is 4.03. The number of hydrogen-bond donors (Lipinski definition) is 0. The Kier molecular flexibility index (Phi) is 3.95. The molecule has 1 aliphatic carbocycles. The fraction of sp³-hybridized carbons (Fsp3) is 0.294. The number of thioether (sulfide) groups is 1. The van der Waals surface area contributed by atoms with Crippen LogP contribution in [0.2, 0.25) is 0 Å². The van der Waals surface area contributed by atoms with E-state index >= 15 is 0 Å². The van der Waals surface area contributed by atoms with Gasteiger partial charge in [0.15, 0.2) is 4.34 Å². The van der Waals surface area contributed by atoms with Gasteiger partial charge in [0.05, 0.1) is 16.0 Å². The van der Waals surface area contributed by atoms with Crippen LogP contribution in [-0.2, 0) is 4.79 Å². The van der Waals surface area contributed by atoms with Gasteiger partial charge in [-0.3, -0.25) is 4.79 Å². The van der Waals surface area contributed by atoms with Gasteiger partial charge in [-0.25, -0.2) is 9.37 Å². The Morgan fingerprint density at radius 3 is 3.17 bits per heavy atom. The summed E-state index contributed by atoms with van der Waals surface area (Å²) in [5.74, 6) is 0.561. The normalized spacial score (nSPS) is 23.2. The third kappa shape index (κ3) is 3.05. The fourth-order valence-electron chi connectivity index (χ4n) is 2.93. The molecule has 0 bridgehead atoms. The minimum absolute atomic E-state index is 0.0555. The Morgan fingerprint density at radius 1 is 1.43 bits per heavy atom. The molecule has 118 valence electrons. The Bertz CT molecular complexity index is 781. The van der Waals surface area contributed by atoms with E-state index in [1.807, 2.05) is 36.5 Å². The van der Waals surface area contributed by atoms with Gasteiger partial charge in [0.2, 0.25) is 5.91 Å². The van der Waals surface area contributed by atoms with Gasteiger partial charge in [0.25, 0.3) is 0 Å². The SMILES string of the molecule is O=C(CSc1nc2ccccc2s1)N1C=C2C=CC(F)CC2C1. The molecule has 4 rings (SSSR count). The predicted molar refractivity (Wildman–Crippen MR) is 92.3 cm³/mol. The highest BCUT2D eigenvalue weighted by molar-refractivity contribution is 8.01. The average molecular weight is 346 g/mol. The van der Waals surface area contributed by atoms with Crippen molar-refractivity contribution in [1.82, 2.24) is 9.88 Å². The van der Waals surface area contributed by atoms with E-state index in [4.69, 9.17) is 0 Å². The van der Waals surface area contributed by atoms with Gasteiger partial charge in [0, 0.05) is 18.7 Å². The first-order valence-electron chi connectivity index (χ1n) is 7.51. The van der Waals surface area contributed by atoms with Crippen molar-refractivity contribution in [2.45, 2.75) is 16.9 Å². The van der Waals surface area contributed by atoms with E-state index in [-0.39, 0.29) is 11.8 Å². The molecule has 1 aromatic heterocycles. The summed E-state index contributed by atoms with van der Waals surface area (Å²) in [5.41, 5.74) is 2.04. The standard InChI is InChI=1S/C17H15FN2OS2/c18-13-6-5-11-8-20(9-12(11)7-13)16(21)10-22-17-19-14-3-1-2-4-15(14)23-17/h1-6,8,12-13H,7,9-10H2. The van der Waals surface area contributed by atoms with Gasteiger partial charge in [-0.05, 0) is 24.1 Å².